The lowest BCUT2D eigenvalue weighted by atomic mass is 10.1. The molecular weight excluding hydrogens is 178 g/mol. The highest BCUT2D eigenvalue weighted by Crippen LogP contribution is 2.31. The average molecular weight is 193 g/mol. The first-order valence-electron chi connectivity index (χ1n) is 4.27. The smallest absolute Gasteiger partial charge is 0.161 e. The summed E-state index contributed by atoms with van der Waals surface area (Å²) in [5, 5.41) is 0. The molecule has 1 aromatic carbocycles. The molecule has 0 aliphatic rings. The van der Waals surface area contributed by atoms with Crippen LogP contribution in [0.1, 0.15) is 11.1 Å². The molecular formula is C11H15NO2. The van der Waals surface area contributed by atoms with E-state index in [1.807, 2.05) is 19.1 Å². The monoisotopic (exact) mass is 193 g/mol. The Morgan fingerprint density at radius 1 is 1.21 bits per heavy atom. The van der Waals surface area contributed by atoms with Gasteiger partial charge < -0.3 is 15.2 Å². The topological polar surface area (TPSA) is 44.5 Å². The molecule has 2 N–H and O–H groups in total. The zero-order valence-corrected chi connectivity index (χ0v) is 8.76. The van der Waals surface area contributed by atoms with Gasteiger partial charge in [-0.15, -0.1) is 0 Å². The minimum absolute atomic E-state index is 0.531. The molecule has 0 aliphatic carbocycles. The summed E-state index contributed by atoms with van der Waals surface area (Å²) in [5.41, 5.74) is 8.08. The minimum Gasteiger partial charge on any atom is -0.493 e. The van der Waals surface area contributed by atoms with E-state index < -0.39 is 0 Å². The van der Waals surface area contributed by atoms with Gasteiger partial charge in [-0.2, -0.15) is 0 Å². The lowest BCUT2D eigenvalue weighted by Gasteiger charge is -2.12. The van der Waals surface area contributed by atoms with Crippen LogP contribution in [-0.4, -0.2) is 14.2 Å². The van der Waals surface area contributed by atoms with Crippen LogP contribution >= 0.6 is 0 Å². The molecule has 0 atom stereocenters. The van der Waals surface area contributed by atoms with Crippen LogP contribution in [-0.2, 0) is 0 Å². The van der Waals surface area contributed by atoms with Gasteiger partial charge in [-0.25, -0.2) is 0 Å². The minimum atomic E-state index is 0.531. The number of nitrogens with two attached hydrogens (primary N) is 1. The molecule has 76 valence electrons. The van der Waals surface area contributed by atoms with Crippen LogP contribution in [0.25, 0.3) is 5.70 Å². The third-order valence-corrected chi connectivity index (χ3v) is 2.08. The molecule has 0 fully saturated rings. The highest BCUT2D eigenvalue weighted by molar-refractivity contribution is 5.67. The van der Waals surface area contributed by atoms with Crippen LogP contribution in [0.15, 0.2) is 18.7 Å². The molecule has 0 bridgehead atoms. The Bertz CT molecular complexity index is 359. The van der Waals surface area contributed by atoms with E-state index in [2.05, 4.69) is 6.58 Å². The molecule has 0 aromatic heterocycles. The van der Waals surface area contributed by atoms with Crippen LogP contribution in [0.4, 0.5) is 0 Å². The standard InChI is InChI=1S/C11H15NO2/c1-7-5-10(13-3)11(14-4)6-9(7)8(2)12/h5-6H,2,12H2,1,3-4H3. The molecule has 0 spiro atoms. The molecule has 3 nitrogen and oxygen atoms in total. The molecule has 14 heavy (non-hydrogen) atoms. The van der Waals surface area contributed by atoms with E-state index in [9.17, 15) is 0 Å². The quantitative estimate of drug-likeness (QED) is 0.797. The predicted octanol–water partition coefficient (Wildman–Crippen LogP) is 1.94. The molecule has 1 rings (SSSR count). The second kappa shape index (κ2) is 4.05. The molecule has 0 saturated heterocycles. The number of benzene rings is 1. The van der Waals surface area contributed by atoms with Gasteiger partial charge in [-0.1, -0.05) is 6.58 Å². The number of rotatable bonds is 3. The average Bonchev–Trinajstić information content (AvgIpc) is 2.16. The van der Waals surface area contributed by atoms with Crippen molar-refractivity contribution in [2.45, 2.75) is 6.92 Å². The highest BCUT2D eigenvalue weighted by atomic mass is 16.5. The maximum Gasteiger partial charge on any atom is 0.161 e. The van der Waals surface area contributed by atoms with Crippen molar-refractivity contribution in [3.05, 3.63) is 29.8 Å². The summed E-state index contributed by atoms with van der Waals surface area (Å²) in [6.45, 7) is 5.65. The van der Waals surface area contributed by atoms with E-state index in [1.165, 1.54) is 0 Å². The summed E-state index contributed by atoms with van der Waals surface area (Å²) < 4.78 is 10.3. The van der Waals surface area contributed by atoms with Gasteiger partial charge >= 0.3 is 0 Å². The van der Waals surface area contributed by atoms with Crippen molar-refractivity contribution < 1.29 is 9.47 Å². The number of hydrogen-bond donors (Lipinski definition) is 1. The molecule has 0 heterocycles. The van der Waals surface area contributed by atoms with Crippen molar-refractivity contribution in [2.24, 2.45) is 5.73 Å². The maximum absolute atomic E-state index is 5.64. The van der Waals surface area contributed by atoms with Crippen molar-refractivity contribution >= 4 is 5.70 Å². The van der Waals surface area contributed by atoms with Crippen molar-refractivity contribution in [1.82, 2.24) is 0 Å². The first-order chi connectivity index (χ1) is 6.60. The number of aryl methyl sites for hydroxylation is 1. The summed E-state index contributed by atoms with van der Waals surface area (Å²) in [5.74, 6) is 1.37. The van der Waals surface area contributed by atoms with Crippen molar-refractivity contribution in [3.8, 4) is 11.5 Å². The highest BCUT2D eigenvalue weighted by Gasteiger charge is 2.08. The number of methoxy groups -OCH3 is 2. The van der Waals surface area contributed by atoms with Gasteiger partial charge in [0.05, 0.1) is 14.2 Å². The first-order valence-corrected chi connectivity index (χ1v) is 4.27. The van der Waals surface area contributed by atoms with Gasteiger partial charge in [0.25, 0.3) is 0 Å². The van der Waals surface area contributed by atoms with Gasteiger partial charge in [0, 0.05) is 11.3 Å². The summed E-state index contributed by atoms with van der Waals surface area (Å²) >= 11 is 0. The largest absolute Gasteiger partial charge is 0.493 e. The Kier molecular flexibility index (Phi) is 3.02. The van der Waals surface area contributed by atoms with Crippen molar-refractivity contribution in [3.63, 3.8) is 0 Å². The van der Waals surface area contributed by atoms with E-state index >= 15 is 0 Å². The summed E-state index contributed by atoms with van der Waals surface area (Å²) in [6, 6.07) is 3.71. The molecule has 0 amide bonds. The Hall–Kier alpha value is -1.64. The zero-order valence-electron chi connectivity index (χ0n) is 8.76. The second-order valence-electron chi connectivity index (χ2n) is 3.05. The van der Waals surface area contributed by atoms with Gasteiger partial charge in [-0.05, 0) is 24.6 Å². The lowest BCUT2D eigenvalue weighted by molar-refractivity contribution is 0.354. The fourth-order valence-corrected chi connectivity index (χ4v) is 1.33. The summed E-state index contributed by atoms with van der Waals surface area (Å²) in [7, 11) is 3.20. The maximum atomic E-state index is 5.64. The predicted molar refractivity (Wildman–Crippen MR) is 57.5 cm³/mol. The Morgan fingerprint density at radius 2 is 1.71 bits per heavy atom. The third kappa shape index (κ3) is 1.82. The third-order valence-electron chi connectivity index (χ3n) is 2.08. The first kappa shape index (κ1) is 10.4. The van der Waals surface area contributed by atoms with Crippen LogP contribution in [0.5, 0.6) is 11.5 Å². The fraction of sp³-hybridized carbons (Fsp3) is 0.273. The van der Waals surface area contributed by atoms with Gasteiger partial charge in [0.2, 0.25) is 0 Å². The van der Waals surface area contributed by atoms with E-state index in [0.29, 0.717) is 17.2 Å². The van der Waals surface area contributed by atoms with E-state index in [-0.39, 0.29) is 0 Å². The SMILES string of the molecule is C=C(N)c1cc(OC)c(OC)cc1C. The van der Waals surface area contributed by atoms with Crippen LogP contribution in [0.3, 0.4) is 0 Å². The Balaban J connectivity index is 3.30. The zero-order chi connectivity index (χ0) is 10.7. The van der Waals surface area contributed by atoms with Crippen LogP contribution in [0, 0.1) is 6.92 Å². The molecule has 0 unspecified atom stereocenters. The number of ether oxygens (including phenoxy) is 2. The lowest BCUT2D eigenvalue weighted by Crippen LogP contribution is -1.99. The molecule has 0 aliphatic heterocycles. The number of hydrogen-bond acceptors (Lipinski definition) is 3. The summed E-state index contributed by atoms with van der Waals surface area (Å²) in [4.78, 5) is 0. The molecule has 1 aromatic rings. The van der Waals surface area contributed by atoms with E-state index in [1.54, 1.807) is 14.2 Å². The van der Waals surface area contributed by atoms with Crippen LogP contribution < -0.4 is 15.2 Å². The Morgan fingerprint density at radius 3 is 2.14 bits per heavy atom. The van der Waals surface area contributed by atoms with Gasteiger partial charge in [0.15, 0.2) is 11.5 Å². The fourth-order valence-electron chi connectivity index (χ4n) is 1.33. The second-order valence-corrected chi connectivity index (χ2v) is 3.05. The van der Waals surface area contributed by atoms with E-state index in [0.717, 1.165) is 11.1 Å². The Labute approximate surface area is 84.1 Å². The molecule has 3 heteroatoms. The summed E-state index contributed by atoms with van der Waals surface area (Å²) in [6.07, 6.45) is 0. The molecule has 0 radical (unpaired) electrons. The van der Waals surface area contributed by atoms with Crippen LogP contribution in [0.2, 0.25) is 0 Å². The normalized spacial score (nSPS) is 9.64. The van der Waals surface area contributed by atoms with Gasteiger partial charge in [0.1, 0.15) is 0 Å². The van der Waals surface area contributed by atoms with Gasteiger partial charge in [-0.3, -0.25) is 0 Å². The van der Waals surface area contributed by atoms with Crippen molar-refractivity contribution in [1.29, 1.82) is 0 Å². The molecule has 0 saturated carbocycles. The van der Waals surface area contributed by atoms with Crippen molar-refractivity contribution in [2.75, 3.05) is 14.2 Å². The van der Waals surface area contributed by atoms with E-state index in [4.69, 9.17) is 15.2 Å².